The smallest absolute Gasteiger partial charge is 0.332 e. The number of nitrogens with two attached hydrogens (primary N) is 1. The number of nitrogen functional groups attached to an aromatic ring is 1. The van der Waals surface area contributed by atoms with E-state index in [-0.39, 0.29) is 0 Å². The van der Waals surface area contributed by atoms with Crippen molar-refractivity contribution in [2.75, 3.05) is 12.3 Å². The number of ether oxygens (including phenoxy) is 1. The van der Waals surface area contributed by atoms with Gasteiger partial charge < -0.3 is 15.6 Å². The SMILES string of the molecule is CCC(OCCc1ccccc1N)C(=O)O. The Labute approximate surface area is 95.0 Å². The predicted molar refractivity (Wildman–Crippen MR) is 62.2 cm³/mol. The fourth-order valence-electron chi connectivity index (χ4n) is 1.44. The molecule has 4 nitrogen and oxygen atoms in total. The zero-order valence-corrected chi connectivity index (χ0v) is 9.35. The number of carbonyl (C=O) groups is 1. The Kier molecular flexibility index (Phi) is 4.79. The van der Waals surface area contributed by atoms with E-state index in [0.717, 1.165) is 11.3 Å². The minimum atomic E-state index is -0.913. The molecule has 16 heavy (non-hydrogen) atoms. The van der Waals surface area contributed by atoms with Crippen LogP contribution in [-0.4, -0.2) is 23.8 Å². The summed E-state index contributed by atoms with van der Waals surface area (Å²) in [5.41, 5.74) is 7.46. The molecule has 1 aromatic rings. The van der Waals surface area contributed by atoms with E-state index in [9.17, 15) is 4.79 Å². The number of carboxylic acid groups (broad SMARTS) is 1. The fraction of sp³-hybridized carbons (Fsp3) is 0.417. The molecule has 0 heterocycles. The van der Waals surface area contributed by atoms with Gasteiger partial charge >= 0.3 is 5.97 Å². The van der Waals surface area contributed by atoms with Crippen LogP contribution in [0.5, 0.6) is 0 Å². The molecule has 0 radical (unpaired) electrons. The van der Waals surface area contributed by atoms with Gasteiger partial charge in [0.05, 0.1) is 6.61 Å². The van der Waals surface area contributed by atoms with Crippen LogP contribution in [0.1, 0.15) is 18.9 Å². The Balaban J connectivity index is 2.41. The van der Waals surface area contributed by atoms with Crippen LogP contribution in [0.15, 0.2) is 24.3 Å². The minimum Gasteiger partial charge on any atom is -0.479 e. The van der Waals surface area contributed by atoms with Crippen molar-refractivity contribution in [2.24, 2.45) is 0 Å². The second-order valence-electron chi connectivity index (χ2n) is 3.55. The lowest BCUT2D eigenvalue weighted by atomic mass is 10.1. The molecule has 0 saturated carbocycles. The van der Waals surface area contributed by atoms with Gasteiger partial charge in [-0.1, -0.05) is 25.1 Å². The summed E-state index contributed by atoms with van der Waals surface area (Å²) in [5, 5.41) is 8.78. The summed E-state index contributed by atoms with van der Waals surface area (Å²) in [6, 6.07) is 7.51. The van der Waals surface area contributed by atoms with E-state index >= 15 is 0 Å². The summed E-state index contributed by atoms with van der Waals surface area (Å²) < 4.78 is 5.26. The lowest BCUT2D eigenvalue weighted by molar-refractivity contribution is -0.150. The largest absolute Gasteiger partial charge is 0.479 e. The van der Waals surface area contributed by atoms with Crippen LogP contribution in [-0.2, 0) is 16.0 Å². The Bertz CT molecular complexity index is 352. The molecule has 0 aliphatic rings. The second kappa shape index (κ2) is 6.12. The maximum Gasteiger partial charge on any atom is 0.332 e. The van der Waals surface area contributed by atoms with E-state index in [1.165, 1.54) is 0 Å². The monoisotopic (exact) mass is 223 g/mol. The average molecular weight is 223 g/mol. The van der Waals surface area contributed by atoms with Crippen molar-refractivity contribution in [3.05, 3.63) is 29.8 Å². The van der Waals surface area contributed by atoms with Crippen LogP contribution < -0.4 is 5.73 Å². The number of para-hydroxylation sites is 1. The van der Waals surface area contributed by atoms with Crippen LogP contribution in [0, 0.1) is 0 Å². The molecule has 0 amide bonds. The topological polar surface area (TPSA) is 72.5 Å². The molecule has 88 valence electrons. The van der Waals surface area contributed by atoms with Gasteiger partial charge in [-0.15, -0.1) is 0 Å². The summed E-state index contributed by atoms with van der Waals surface area (Å²) >= 11 is 0. The molecule has 0 spiro atoms. The molecule has 0 aromatic heterocycles. The first kappa shape index (κ1) is 12.5. The molecule has 0 aliphatic heterocycles. The first-order valence-corrected chi connectivity index (χ1v) is 5.33. The molecule has 0 fully saturated rings. The van der Waals surface area contributed by atoms with Crippen LogP contribution in [0.3, 0.4) is 0 Å². The maximum absolute atomic E-state index is 10.7. The summed E-state index contributed by atoms with van der Waals surface area (Å²) in [5.74, 6) is -0.913. The van der Waals surface area contributed by atoms with Crippen molar-refractivity contribution >= 4 is 11.7 Å². The van der Waals surface area contributed by atoms with Gasteiger partial charge in [-0.25, -0.2) is 4.79 Å². The highest BCUT2D eigenvalue weighted by Gasteiger charge is 2.14. The lowest BCUT2D eigenvalue weighted by Crippen LogP contribution is -2.23. The van der Waals surface area contributed by atoms with E-state index in [4.69, 9.17) is 15.6 Å². The van der Waals surface area contributed by atoms with E-state index in [1.807, 2.05) is 24.3 Å². The maximum atomic E-state index is 10.7. The van der Waals surface area contributed by atoms with Gasteiger partial charge in [0.25, 0.3) is 0 Å². The predicted octanol–water partition coefficient (Wildman–Crippen LogP) is 1.69. The average Bonchev–Trinajstić information content (AvgIpc) is 2.26. The van der Waals surface area contributed by atoms with Crippen molar-refractivity contribution in [1.29, 1.82) is 0 Å². The number of aliphatic carboxylic acids is 1. The zero-order chi connectivity index (χ0) is 12.0. The van der Waals surface area contributed by atoms with Gasteiger partial charge in [-0.3, -0.25) is 0 Å². The highest BCUT2D eigenvalue weighted by Crippen LogP contribution is 2.11. The number of anilines is 1. The highest BCUT2D eigenvalue weighted by atomic mass is 16.5. The molecular formula is C12H17NO3. The van der Waals surface area contributed by atoms with E-state index in [1.54, 1.807) is 6.92 Å². The van der Waals surface area contributed by atoms with E-state index in [2.05, 4.69) is 0 Å². The Hall–Kier alpha value is -1.55. The van der Waals surface area contributed by atoms with E-state index < -0.39 is 12.1 Å². The number of benzene rings is 1. The number of hydrogen-bond donors (Lipinski definition) is 2. The fourth-order valence-corrected chi connectivity index (χ4v) is 1.44. The van der Waals surface area contributed by atoms with Gasteiger partial charge in [-0.2, -0.15) is 0 Å². The van der Waals surface area contributed by atoms with Crippen molar-refractivity contribution in [3.63, 3.8) is 0 Å². The standard InChI is InChI=1S/C12H17NO3/c1-2-11(12(14)15)16-8-7-9-5-3-4-6-10(9)13/h3-6,11H,2,7-8,13H2,1H3,(H,14,15). The van der Waals surface area contributed by atoms with Gasteiger partial charge in [0, 0.05) is 5.69 Å². The molecule has 0 bridgehead atoms. The number of hydrogen-bond acceptors (Lipinski definition) is 3. The van der Waals surface area contributed by atoms with Crippen molar-refractivity contribution in [2.45, 2.75) is 25.9 Å². The third kappa shape index (κ3) is 3.55. The molecular weight excluding hydrogens is 206 g/mol. The van der Waals surface area contributed by atoms with Gasteiger partial charge in [0.1, 0.15) is 0 Å². The number of rotatable bonds is 6. The molecule has 0 saturated heterocycles. The van der Waals surface area contributed by atoms with Crippen molar-refractivity contribution < 1.29 is 14.6 Å². The Morgan fingerprint density at radius 3 is 2.75 bits per heavy atom. The van der Waals surface area contributed by atoms with Crippen LogP contribution in [0.2, 0.25) is 0 Å². The minimum absolute atomic E-state index is 0.374. The molecule has 1 atom stereocenters. The van der Waals surface area contributed by atoms with Crippen LogP contribution >= 0.6 is 0 Å². The normalized spacial score (nSPS) is 12.3. The molecule has 1 unspecified atom stereocenters. The van der Waals surface area contributed by atoms with Gasteiger partial charge in [-0.05, 0) is 24.5 Å². The molecule has 4 heteroatoms. The van der Waals surface area contributed by atoms with Gasteiger partial charge in [0.2, 0.25) is 0 Å². The summed E-state index contributed by atoms with van der Waals surface area (Å²) in [7, 11) is 0. The summed E-state index contributed by atoms with van der Waals surface area (Å²) in [4.78, 5) is 10.7. The first-order chi connectivity index (χ1) is 7.65. The quantitative estimate of drug-likeness (QED) is 0.720. The zero-order valence-electron chi connectivity index (χ0n) is 9.35. The van der Waals surface area contributed by atoms with Crippen molar-refractivity contribution in [1.82, 2.24) is 0 Å². The summed E-state index contributed by atoms with van der Waals surface area (Å²) in [6.07, 6.45) is 0.390. The van der Waals surface area contributed by atoms with Crippen LogP contribution in [0.25, 0.3) is 0 Å². The van der Waals surface area contributed by atoms with E-state index in [0.29, 0.717) is 19.4 Å². The molecule has 1 aromatic carbocycles. The van der Waals surface area contributed by atoms with Crippen molar-refractivity contribution in [3.8, 4) is 0 Å². The Morgan fingerprint density at radius 2 is 2.19 bits per heavy atom. The lowest BCUT2D eigenvalue weighted by Gasteiger charge is -2.11. The first-order valence-electron chi connectivity index (χ1n) is 5.33. The third-order valence-electron chi connectivity index (χ3n) is 2.39. The molecule has 3 N–H and O–H groups in total. The van der Waals surface area contributed by atoms with Crippen LogP contribution in [0.4, 0.5) is 5.69 Å². The number of carboxylic acids is 1. The third-order valence-corrected chi connectivity index (χ3v) is 2.39. The highest BCUT2D eigenvalue weighted by molar-refractivity contribution is 5.72. The summed E-state index contributed by atoms with van der Waals surface area (Å²) in [6.45, 7) is 2.16. The second-order valence-corrected chi connectivity index (χ2v) is 3.55. The molecule has 0 aliphatic carbocycles. The van der Waals surface area contributed by atoms with Gasteiger partial charge in [0.15, 0.2) is 6.10 Å². The Morgan fingerprint density at radius 1 is 1.50 bits per heavy atom. The molecule has 1 rings (SSSR count).